The van der Waals surface area contributed by atoms with E-state index in [0.29, 0.717) is 18.3 Å². The van der Waals surface area contributed by atoms with Crippen molar-refractivity contribution in [3.8, 4) is 10.6 Å². The number of nitrogens with one attached hydrogen (secondary N) is 2. The lowest BCUT2D eigenvalue weighted by Gasteiger charge is -2.25. The molecule has 1 saturated carbocycles. The van der Waals surface area contributed by atoms with E-state index >= 15 is 0 Å². The summed E-state index contributed by atoms with van der Waals surface area (Å²) < 4.78 is 13.6. The summed E-state index contributed by atoms with van der Waals surface area (Å²) in [6, 6.07) is 16.6. The van der Waals surface area contributed by atoms with Crippen LogP contribution in [0.25, 0.3) is 20.8 Å². The summed E-state index contributed by atoms with van der Waals surface area (Å²) in [6.45, 7) is 8.69. The van der Waals surface area contributed by atoms with Gasteiger partial charge < -0.3 is 25.2 Å². The number of ether oxygens (including phenoxy) is 2. The van der Waals surface area contributed by atoms with Gasteiger partial charge in [-0.2, -0.15) is 4.98 Å². The molecule has 4 atom stereocenters. The first-order valence-corrected chi connectivity index (χ1v) is 14.4. The third-order valence-corrected chi connectivity index (χ3v) is 8.64. The Kier molecular flexibility index (Phi) is 7.01. The quantitative estimate of drug-likeness (QED) is 0.265. The fourth-order valence-corrected chi connectivity index (χ4v) is 6.78. The van der Waals surface area contributed by atoms with Crippen LogP contribution in [-0.4, -0.2) is 50.7 Å². The molecule has 1 aliphatic heterocycles. The summed E-state index contributed by atoms with van der Waals surface area (Å²) >= 11 is 1.63. The fourth-order valence-electron chi connectivity index (χ4n) is 5.71. The van der Waals surface area contributed by atoms with Gasteiger partial charge >= 0.3 is 0 Å². The molecule has 0 radical (unpaired) electrons. The van der Waals surface area contributed by atoms with Gasteiger partial charge in [0.25, 0.3) is 0 Å². The van der Waals surface area contributed by atoms with Gasteiger partial charge in [-0.15, -0.1) is 11.3 Å². The van der Waals surface area contributed by atoms with Crippen LogP contribution in [0.5, 0.6) is 0 Å². The van der Waals surface area contributed by atoms with Crippen molar-refractivity contribution in [3.05, 3.63) is 65.4 Å². The summed E-state index contributed by atoms with van der Waals surface area (Å²) in [6.07, 6.45) is 1.36. The predicted octanol–water partition coefficient (Wildman–Crippen LogP) is 5.55. The number of aliphatic hydroxyl groups excluding tert-OH is 1. The maximum absolute atomic E-state index is 10.1. The molecule has 0 unspecified atom stereocenters. The average molecular weight is 546 g/mol. The molecule has 6 rings (SSSR count). The van der Waals surface area contributed by atoms with Crippen molar-refractivity contribution in [3.63, 3.8) is 0 Å². The molecule has 3 heterocycles. The monoisotopic (exact) mass is 545 g/mol. The molecule has 9 heteroatoms. The first-order chi connectivity index (χ1) is 18.8. The number of benzene rings is 2. The van der Waals surface area contributed by atoms with Gasteiger partial charge in [-0.3, -0.25) is 0 Å². The number of hydrogen-bond acceptors (Lipinski definition) is 9. The zero-order chi connectivity index (χ0) is 27.1. The van der Waals surface area contributed by atoms with Crippen LogP contribution in [0.4, 0.5) is 11.8 Å². The maximum Gasteiger partial charge on any atom is 0.225 e. The molecule has 2 aliphatic rings. The lowest BCUT2D eigenvalue weighted by Crippen LogP contribution is -2.35. The number of rotatable bonds is 8. The summed E-state index contributed by atoms with van der Waals surface area (Å²) in [5.41, 5.74) is 5.17. The van der Waals surface area contributed by atoms with Crippen molar-refractivity contribution in [2.75, 3.05) is 17.2 Å². The van der Waals surface area contributed by atoms with E-state index in [1.54, 1.807) is 11.3 Å². The van der Waals surface area contributed by atoms with Crippen molar-refractivity contribution in [1.82, 2.24) is 15.0 Å². The minimum atomic E-state index is -0.694. The standard InChI is InChI=1S/C30H35N5O3S/c1-5-18-9-8-10-19(13-18)15-31-29-32-17(2)24(28-34-21-11-6-7-12-23(21)39-28)27(35-29)33-22-14-20(16-36)25-26(22)38-30(3,4)37-25/h6-13,20,22,25-26,36H,5,14-16H2,1-4H3,(H2,31,32,33,35)/t20-,22-,25-,26+/m1/s1. The highest BCUT2D eigenvalue weighted by Gasteiger charge is 2.54. The Bertz CT molecular complexity index is 1460. The van der Waals surface area contributed by atoms with Gasteiger partial charge in [-0.05, 0) is 56.9 Å². The predicted molar refractivity (Wildman–Crippen MR) is 155 cm³/mol. The second-order valence-electron chi connectivity index (χ2n) is 10.9. The molecule has 204 valence electrons. The SMILES string of the molecule is CCc1cccc(CNc2nc(C)c(-c3nc4ccccc4s3)c(N[C@@H]3C[C@H](CO)[C@H]4OC(C)(C)O[C@H]43)n2)c1. The Morgan fingerprint density at radius 2 is 1.82 bits per heavy atom. The normalized spacial score (nSPS) is 23.7. The van der Waals surface area contributed by atoms with Gasteiger partial charge in [-0.25, -0.2) is 9.97 Å². The zero-order valence-electron chi connectivity index (χ0n) is 22.8. The van der Waals surface area contributed by atoms with Crippen LogP contribution < -0.4 is 10.6 Å². The van der Waals surface area contributed by atoms with Crippen LogP contribution >= 0.6 is 11.3 Å². The van der Waals surface area contributed by atoms with Crippen LogP contribution in [0, 0.1) is 12.8 Å². The molecular formula is C30H35N5O3S. The first-order valence-electron chi connectivity index (χ1n) is 13.6. The summed E-state index contributed by atoms with van der Waals surface area (Å²) in [7, 11) is 0. The molecule has 39 heavy (non-hydrogen) atoms. The van der Waals surface area contributed by atoms with Gasteiger partial charge in [0.15, 0.2) is 5.79 Å². The average Bonchev–Trinajstić information content (AvgIpc) is 3.58. The Morgan fingerprint density at radius 1 is 1.03 bits per heavy atom. The zero-order valence-corrected chi connectivity index (χ0v) is 23.6. The summed E-state index contributed by atoms with van der Waals surface area (Å²) in [4.78, 5) is 14.7. The summed E-state index contributed by atoms with van der Waals surface area (Å²) in [5.74, 6) is 0.563. The number of thiazole rings is 1. The molecule has 2 aromatic carbocycles. The van der Waals surface area contributed by atoms with Crippen LogP contribution in [0.2, 0.25) is 0 Å². The second kappa shape index (κ2) is 10.5. The van der Waals surface area contributed by atoms with Gasteiger partial charge in [0, 0.05) is 19.1 Å². The molecule has 2 aromatic heterocycles. The van der Waals surface area contributed by atoms with E-state index in [-0.39, 0.29) is 30.8 Å². The Morgan fingerprint density at radius 3 is 2.62 bits per heavy atom. The number of aryl methyl sites for hydroxylation is 2. The smallest absolute Gasteiger partial charge is 0.225 e. The molecular weight excluding hydrogens is 510 g/mol. The van der Waals surface area contributed by atoms with Crippen LogP contribution in [0.15, 0.2) is 48.5 Å². The number of anilines is 2. The van der Waals surface area contributed by atoms with E-state index < -0.39 is 5.79 Å². The van der Waals surface area contributed by atoms with Gasteiger partial charge in [0.1, 0.15) is 16.9 Å². The van der Waals surface area contributed by atoms with Crippen LogP contribution in [-0.2, 0) is 22.4 Å². The number of para-hydroxylation sites is 1. The molecule has 2 fully saturated rings. The highest BCUT2D eigenvalue weighted by Crippen LogP contribution is 2.44. The third kappa shape index (κ3) is 5.24. The minimum absolute atomic E-state index is 0.00783. The van der Waals surface area contributed by atoms with Gasteiger partial charge in [0.2, 0.25) is 5.95 Å². The van der Waals surface area contributed by atoms with Crippen molar-refractivity contribution in [2.45, 2.75) is 71.1 Å². The number of aliphatic hydroxyl groups is 1. The van der Waals surface area contributed by atoms with Crippen molar-refractivity contribution in [2.24, 2.45) is 5.92 Å². The van der Waals surface area contributed by atoms with Crippen LogP contribution in [0.1, 0.15) is 44.0 Å². The molecule has 0 amide bonds. The number of hydrogen-bond donors (Lipinski definition) is 3. The largest absolute Gasteiger partial charge is 0.396 e. The minimum Gasteiger partial charge on any atom is -0.396 e. The number of aromatic nitrogens is 3. The van der Waals surface area contributed by atoms with E-state index in [0.717, 1.165) is 39.3 Å². The van der Waals surface area contributed by atoms with E-state index in [4.69, 9.17) is 24.4 Å². The highest BCUT2D eigenvalue weighted by atomic mass is 32.1. The van der Waals surface area contributed by atoms with Crippen LogP contribution in [0.3, 0.4) is 0 Å². The fraction of sp³-hybridized carbons (Fsp3) is 0.433. The number of nitrogens with zero attached hydrogens (tertiary/aromatic N) is 3. The van der Waals surface area contributed by atoms with E-state index in [2.05, 4.69) is 47.9 Å². The van der Waals surface area contributed by atoms with Gasteiger partial charge in [-0.1, -0.05) is 43.3 Å². The summed E-state index contributed by atoms with van der Waals surface area (Å²) in [5, 5.41) is 18.1. The lowest BCUT2D eigenvalue weighted by atomic mass is 10.1. The molecule has 1 saturated heterocycles. The molecule has 3 N–H and O–H groups in total. The Balaban J connectivity index is 1.35. The first kappa shape index (κ1) is 26.1. The highest BCUT2D eigenvalue weighted by molar-refractivity contribution is 7.21. The van der Waals surface area contributed by atoms with Crippen molar-refractivity contribution >= 4 is 33.3 Å². The molecule has 1 aliphatic carbocycles. The van der Waals surface area contributed by atoms with E-state index in [1.807, 2.05) is 39.0 Å². The molecule has 8 nitrogen and oxygen atoms in total. The molecule has 4 aromatic rings. The Labute approximate surface area is 232 Å². The molecule has 0 spiro atoms. The topological polar surface area (TPSA) is 101 Å². The van der Waals surface area contributed by atoms with E-state index in [9.17, 15) is 5.11 Å². The third-order valence-electron chi connectivity index (χ3n) is 7.59. The number of fused-ring (bicyclic) bond motifs is 2. The second-order valence-corrected chi connectivity index (χ2v) is 11.9. The van der Waals surface area contributed by atoms with Crippen molar-refractivity contribution in [1.29, 1.82) is 0 Å². The van der Waals surface area contributed by atoms with Gasteiger partial charge in [0.05, 0.1) is 33.6 Å². The maximum atomic E-state index is 10.1. The molecule has 0 bridgehead atoms. The lowest BCUT2D eigenvalue weighted by molar-refractivity contribution is -0.158. The Hall–Kier alpha value is -3.11. The van der Waals surface area contributed by atoms with E-state index in [1.165, 1.54) is 11.1 Å². The van der Waals surface area contributed by atoms with Crippen molar-refractivity contribution < 1.29 is 14.6 Å².